The van der Waals surface area contributed by atoms with Crippen molar-refractivity contribution >= 4 is 107 Å². The zero-order chi connectivity index (χ0) is 83.0. The molecule has 8 nitrogen and oxygen atoms in total. The molecule has 0 saturated carbocycles. The molecular formula is C116H70N6O2S2. The first kappa shape index (κ1) is 72.8. The molecule has 2 aliphatic carbocycles. The summed E-state index contributed by atoms with van der Waals surface area (Å²) in [6, 6.07) is 152. The molecule has 126 heavy (non-hydrogen) atoms. The van der Waals surface area contributed by atoms with Crippen LogP contribution in [0.15, 0.2) is 433 Å². The predicted octanol–water partition coefficient (Wildman–Crippen LogP) is 30.3. The third kappa shape index (κ3) is 11.7. The summed E-state index contributed by atoms with van der Waals surface area (Å²) >= 11 is 3.73. The van der Waals surface area contributed by atoms with Gasteiger partial charge < -0.3 is 8.83 Å². The maximum Gasteiger partial charge on any atom is 0.167 e. The van der Waals surface area contributed by atoms with Crippen molar-refractivity contribution in [1.82, 2.24) is 29.9 Å². The van der Waals surface area contributed by atoms with Crippen LogP contribution in [-0.2, 0) is 10.8 Å². The molecule has 0 amide bonds. The minimum absolute atomic E-state index is 0.494. The molecule has 588 valence electrons. The van der Waals surface area contributed by atoms with Crippen LogP contribution in [-0.4, -0.2) is 29.9 Å². The second-order valence-corrected chi connectivity index (χ2v) is 34.7. The van der Waals surface area contributed by atoms with Crippen LogP contribution in [0.4, 0.5) is 0 Å². The molecule has 18 aromatic carbocycles. The summed E-state index contributed by atoms with van der Waals surface area (Å²) in [6.45, 7) is 0. The molecule has 26 rings (SSSR count). The molecular weight excluding hydrogens is 1570 g/mol. The van der Waals surface area contributed by atoms with E-state index in [4.69, 9.17) is 38.7 Å². The zero-order valence-corrected chi connectivity index (χ0v) is 69.4. The third-order valence-electron chi connectivity index (χ3n) is 25.7. The third-order valence-corrected chi connectivity index (χ3v) is 28.0. The highest BCUT2D eigenvalue weighted by atomic mass is 32.1. The van der Waals surface area contributed by atoms with Crippen LogP contribution in [0.3, 0.4) is 0 Å². The van der Waals surface area contributed by atoms with E-state index in [2.05, 4.69) is 303 Å². The van der Waals surface area contributed by atoms with Crippen molar-refractivity contribution in [3.63, 3.8) is 0 Å². The van der Waals surface area contributed by atoms with Crippen molar-refractivity contribution in [2.45, 2.75) is 10.8 Å². The Morgan fingerprint density at radius 3 is 1.00 bits per heavy atom. The molecule has 0 saturated heterocycles. The van der Waals surface area contributed by atoms with Gasteiger partial charge in [-0.1, -0.05) is 346 Å². The van der Waals surface area contributed by atoms with Crippen LogP contribution in [0.1, 0.15) is 44.5 Å². The SMILES string of the molecule is c1ccc(-c2nc(-c3ccc(-c4ccc(C5(c6ccc7sc8ccccc8c7c6)c6ccccc6-c6ccccc65)cc4)cc3)nc(-c3cccc4c3oc3ccccc34)n2)cc1.c1ccc(-c2nc(-c3cccc(-c4ccc(C5(c6ccc7sc8ccccc8c7c6)c6ccccc6-c6ccccc65)cc4)c3)nc(-c3ccc4oc5ccccc5c4c3)n2)cc1. The lowest BCUT2D eigenvalue weighted by Gasteiger charge is -2.34. The lowest BCUT2D eigenvalue weighted by atomic mass is 9.67. The van der Waals surface area contributed by atoms with Crippen molar-refractivity contribution in [1.29, 1.82) is 0 Å². The average Bonchev–Trinajstić information content (AvgIpc) is 1.53. The molecule has 0 aliphatic heterocycles. The van der Waals surface area contributed by atoms with E-state index in [1.165, 1.54) is 107 Å². The molecule has 0 fully saturated rings. The van der Waals surface area contributed by atoms with E-state index in [1.807, 2.05) is 144 Å². The standard InChI is InChI=1S/2C58H35N3OS/c1-2-13-37(14-3-1)55-59-56(61-57(60-55)40-27-31-52-47(34-40)45-19-6-10-23-51(45)62-52)39-16-12-15-38(33-39)36-25-28-41(29-26-36)58(49-21-8-4-17-43(49)44-18-5-9-22-50(44)58)42-30-32-54-48(35-42)46-20-7-11-24-53(46)63-54;1-2-13-38(14-3-1)55-59-56(61-57(60-55)47-20-12-19-46-44-17-6-10-23-51(44)62-54(46)47)39-27-25-36(26-28-39)37-29-31-40(32-30-37)58(49-21-8-4-15-42(49)43-16-5-9-22-50(43)58)41-33-34-53-48(35-41)45-18-7-11-24-52(45)63-53/h2*1-35H. The first-order valence-electron chi connectivity index (χ1n) is 42.5. The number of para-hydroxylation sites is 3. The van der Waals surface area contributed by atoms with Gasteiger partial charge in [0.25, 0.3) is 0 Å². The summed E-state index contributed by atoms with van der Waals surface area (Å²) in [5.41, 5.74) is 27.5. The number of aromatic nitrogens is 6. The van der Waals surface area contributed by atoms with Crippen molar-refractivity contribution in [3.05, 3.63) is 469 Å². The highest BCUT2D eigenvalue weighted by molar-refractivity contribution is 7.26. The smallest absolute Gasteiger partial charge is 0.167 e. The van der Waals surface area contributed by atoms with Crippen LogP contribution >= 0.6 is 22.7 Å². The van der Waals surface area contributed by atoms with Gasteiger partial charge in [-0.2, -0.15) is 0 Å². The van der Waals surface area contributed by atoms with Gasteiger partial charge in [0.2, 0.25) is 0 Å². The van der Waals surface area contributed by atoms with Gasteiger partial charge in [0.15, 0.2) is 34.9 Å². The molecule has 0 atom stereocenters. The average molecular weight is 1640 g/mol. The van der Waals surface area contributed by atoms with Crippen molar-refractivity contribution in [2.24, 2.45) is 0 Å². The first-order chi connectivity index (χ1) is 62.4. The van der Waals surface area contributed by atoms with E-state index in [9.17, 15) is 0 Å². The van der Waals surface area contributed by atoms with E-state index in [0.717, 1.165) is 99.5 Å². The predicted molar refractivity (Wildman–Crippen MR) is 518 cm³/mol. The normalized spacial score (nSPS) is 12.9. The number of hydrogen-bond acceptors (Lipinski definition) is 10. The molecule has 0 radical (unpaired) electrons. The topological polar surface area (TPSA) is 104 Å². The van der Waals surface area contributed by atoms with E-state index in [1.54, 1.807) is 0 Å². The Kier molecular flexibility index (Phi) is 17.0. The number of thiophene rings is 2. The molecule has 0 unspecified atom stereocenters. The summed E-state index contributed by atoms with van der Waals surface area (Å²) in [4.78, 5) is 30.4. The van der Waals surface area contributed by atoms with Gasteiger partial charge in [0.05, 0.1) is 16.4 Å². The van der Waals surface area contributed by atoms with Crippen molar-refractivity contribution in [2.75, 3.05) is 0 Å². The van der Waals surface area contributed by atoms with Crippen LogP contribution in [0.5, 0.6) is 0 Å². The number of benzene rings is 18. The fourth-order valence-electron chi connectivity index (χ4n) is 19.9. The Labute approximate surface area is 733 Å². The first-order valence-corrected chi connectivity index (χ1v) is 44.1. The quantitative estimate of drug-likeness (QED) is 0.119. The molecule has 6 aromatic heterocycles. The molecule has 0 spiro atoms. The Morgan fingerprint density at radius 1 is 0.175 bits per heavy atom. The maximum absolute atomic E-state index is 6.43. The molecule has 0 bridgehead atoms. The fraction of sp³-hybridized carbons (Fsp3) is 0.0172. The van der Waals surface area contributed by atoms with Gasteiger partial charge in [-0.15, -0.1) is 22.7 Å². The van der Waals surface area contributed by atoms with Crippen LogP contribution < -0.4 is 0 Å². The summed E-state index contributed by atoms with van der Waals surface area (Å²) in [5.74, 6) is 3.63. The molecule has 2 aliphatic rings. The molecule has 24 aromatic rings. The Bertz CT molecular complexity index is 8390. The highest BCUT2D eigenvalue weighted by Gasteiger charge is 2.48. The minimum Gasteiger partial charge on any atom is -0.456 e. The van der Waals surface area contributed by atoms with E-state index in [-0.39, 0.29) is 0 Å². The van der Waals surface area contributed by atoms with Gasteiger partial charge in [-0.3, -0.25) is 0 Å². The van der Waals surface area contributed by atoms with Gasteiger partial charge >= 0.3 is 0 Å². The second-order valence-electron chi connectivity index (χ2n) is 32.5. The summed E-state index contributed by atoms with van der Waals surface area (Å²) in [6.07, 6.45) is 0. The fourth-order valence-corrected chi connectivity index (χ4v) is 22.1. The molecule has 10 heteroatoms. The minimum atomic E-state index is -0.508. The molecule has 0 N–H and O–H groups in total. The maximum atomic E-state index is 6.43. The van der Waals surface area contributed by atoms with Crippen molar-refractivity contribution in [3.8, 4) is 113 Å². The summed E-state index contributed by atoms with van der Waals surface area (Å²) in [5, 5.41) is 9.41. The Hall–Kier alpha value is -16.0. The monoisotopic (exact) mass is 1640 g/mol. The number of furan rings is 2. The lowest BCUT2D eigenvalue weighted by molar-refractivity contribution is 0.669. The Morgan fingerprint density at radius 2 is 0.492 bits per heavy atom. The summed E-state index contributed by atoms with van der Waals surface area (Å²) < 4.78 is 17.8. The van der Waals surface area contributed by atoms with Crippen LogP contribution in [0, 0.1) is 0 Å². The number of fused-ring (bicyclic) bond motifs is 18. The Balaban J connectivity index is 0.000000137. The number of nitrogens with zero attached hydrogens (tertiary/aromatic N) is 6. The largest absolute Gasteiger partial charge is 0.456 e. The van der Waals surface area contributed by atoms with Gasteiger partial charge in [-0.25, -0.2) is 29.9 Å². The molecule has 6 heterocycles. The van der Waals surface area contributed by atoms with E-state index < -0.39 is 10.8 Å². The summed E-state index contributed by atoms with van der Waals surface area (Å²) in [7, 11) is 0. The number of hydrogen-bond donors (Lipinski definition) is 0. The van der Waals surface area contributed by atoms with E-state index >= 15 is 0 Å². The van der Waals surface area contributed by atoms with Gasteiger partial charge in [0.1, 0.15) is 22.3 Å². The van der Waals surface area contributed by atoms with Crippen molar-refractivity contribution < 1.29 is 8.83 Å². The highest BCUT2D eigenvalue weighted by Crippen LogP contribution is 2.59. The van der Waals surface area contributed by atoms with Crippen LogP contribution in [0.2, 0.25) is 0 Å². The van der Waals surface area contributed by atoms with Gasteiger partial charge in [-0.05, 0) is 168 Å². The second kappa shape index (κ2) is 29.4. The van der Waals surface area contributed by atoms with E-state index in [0.29, 0.717) is 34.9 Å². The zero-order valence-electron chi connectivity index (χ0n) is 67.7. The lowest BCUT2D eigenvalue weighted by Crippen LogP contribution is -2.28. The van der Waals surface area contributed by atoms with Crippen LogP contribution in [0.25, 0.3) is 197 Å². The number of rotatable bonds is 12. The van der Waals surface area contributed by atoms with Gasteiger partial charge in [0, 0.05) is 89.7 Å².